The SMILES string of the molecule is Cc1cc(C)nc(N2NC3NC(CSc4nnnn4-c4ccccc4)CC(=O)C3C2=O)n1. The third-order valence-corrected chi connectivity index (χ3v) is 6.41. The van der Waals surface area contributed by atoms with Gasteiger partial charge in [-0.05, 0) is 42.5 Å². The van der Waals surface area contributed by atoms with Crippen LogP contribution in [0.25, 0.3) is 5.69 Å². The number of amides is 1. The number of aryl methyl sites for hydroxylation is 2. The van der Waals surface area contributed by atoms with Crippen LogP contribution in [0.2, 0.25) is 0 Å². The van der Waals surface area contributed by atoms with Crippen molar-refractivity contribution in [1.82, 2.24) is 40.9 Å². The number of hydrazine groups is 1. The van der Waals surface area contributed by atoms with E-state index in [1.807, 2.05) is 50.2 Å². The van der Waals surface area contributed by atoms with Gasteiger partial charge >= 0.3 is 0 Å². The van der Waals surface area contributed by atoms with E-state index in [-0.39, 0.29) is 30.1 Å². The number of piperidine rings is 1. The third kappa shape index (κ3) is 3.87. The van der Waals surface area contributed by atoms with Gasteiger partial charge in [-0.15, -0.1) is 5.10 Å². The van der Waals surface area contributed by atoms with Crippen LogP contribution >= 0.6 is 11.8 Å². The largest absolute Gasteiger partial charge is 0.299 e. The number of nitrogens with zero attached hydrogens (tertiary/aromatic N) is 7. The lowest BCUT2D eigenvalue weighted by Crippen LogP contribution is -2.56. The van der Waals surface area contributed by atoms with E-state index in [0.29, 0.717) is 10.9 Å². The van der Waals surface area contributed by atoms with Crippen molar-refractivity contribution >= 4 is 29.4 Å². The number of tetrazole rings is 1. The zero-order valence-corrected chi connectivity index (χ0v) is 18.3. The Bertz CT molecular complexity index is 1150. The molecule has 0 aliphatic carbocycles. The number of anilines is 1. The van der Waals surface area contributed by atoms with Crippen LogP contribution in [-0.2, 0) is 9.59 Å². The summed E-state index contributed by atoms with van der Waals surface area (Å²) in [4.78, 5) is 34.4. The number of Topliss-reactive ketones (excluding diaryl/α,β-unsaturated/α-hetero) is 1. The summed E-state index contributed by atoms with van der Waals surface area (Å²) in [6.45, 7) is 3.68. The molecule has 2 N–H and O–H groups in total. The number of ketones is 1. The predicted molar refractivity (Wildman–Crippen MR) is 116 cm³/mol. The van der Waals surface area contributed by atoms with Gasteiger partial charge in [0.25, 0.3) is 5.91 Å². The van der Waals surface area contributed by atoms with Crippen molar-refractivity contribution < 1.29 is 9.59 Å². The third-order valence-electron chi connectivity index (χ3n) is 5.32. The van der Waals surface area contributed by atoms with Gasteiger partial charge in [0.1, 0.15) is 11.7 Å². The molecule has 11 nitrogen and oxygen atoms in total. The van der Waals surface area contributed by atoms with Gasteiger partial charge in [0, 0.05) is 29.6 Å². The second kappa shape index (κ2) is 8.37. The summed E-state index contributed by atoms with van der Waals surface area (Å²) in [6, 6.07) is 11.3. The topological polar surface area (TPSA) is 131 Å². The lowest BCUT2D eigenvalue weighted by molar-refractivity contribution is -0.133. The average Bonchev–Trinajstić information content (AvgIpc) is 3.37. The molecule has 1 aromatic carbocycles. The number of rotatable bonds is 5. The number of carbonyl (C=O) groups is 2. The minimum Gasteiger partial charge on any atom is -0.299 e. The fourth-order valence-corrected chi connectivity index (χ4v) is 4.87. The Balaban J connectivity index is 1.28. The van der Waals surface area contributed by atoms with Crippen molar-refractivity contribution in [3.05, 3.63) is 47.8 Å². The van der Waals surface area contributed by atoms with E-state index in [1.54, 1.807) is 4.68 Å². The highest BCUT2D eigenvalue weighted by Gasteiger charge is 2.50. The second-order valence-electron chi connectivity index (χ2n) is 7.76. The molecule has 1 amide bonds. The maximum Gasteiger partial charge on any atom is 0.257 e. The van der Waals surface area contributed by atoms with Crippen molar-refractivity contribution in [3.63, 3.8) is 0 Å². The summed E-state index contributed by atoms with van der Waals surface area (Å²) in [6.07, 6.45) is -0.264. The first-order chi connectivity index (χ1) is 15.5. The summed E-state index contributed by atoms with van der Waals surface area (Å²) in [5.41, 5.74) is 5.44. The van der Waals surface area contributed by atoms with Gasteiger partial charge in [0.2, 0.25) is 11.1 Å². The van der Waals surface area contributed by atoms with E-state index >= 15 is 0 Å². The molecule has 0 saturated carbocycles. The lowest BCUT2D eigenvalue weighted by atomic mass is 9.91. The summed E-state index contributed by atoms with van der Waals surface area (Å²) < 4.78 is 1.66. The molecule has 32 heavy (non-hydrogen) atoms. The number of para-hydroxylation sites is 1. The molecule has 0 radical (unpaired) electrons. The summed E-state index contributed by atoms with van der Waals surface area (Å²) >= 11 is 1.45. The van der Waals surface area contributed by atoms with Crippen LogP contribution in [0.5, 0.6) is 0 Å². The monoisotopic (exact) mass is 451 g/mol. The molecule has 3 unspecified atom stereocenters. The molecule has 2 fully saturated rings. The second-order valence-corrected chi connectivity index (χ2v) is 8.75. The van der Waals surface area contributed by atoms with Crippen LogP contribution in [0, 0.1) is 19.8 Å². The highest BCUT2D eigenvalue weighted by atomic mass is 32.2. The van der Waals surface area contributed by atoms with E-state index in [0.717, 1.165) is 17.1 Å². The Morgan fingerprint density at radius 2 is 1.88 bits per heavy atom. The molecular weight excluding hydrogens is 430 g/mol. The minimum atomic E-state index is -0.796. The van der Waals surface area contributed by atoms with E-state index in [9.17, 15) is 9.59 Å². The Morgan fingerprint density at radius 3 is 2.62 bits per heavy atom. The molecule has 0 bridgehead atoms. The fourth-order valence-electron chi connectivity index (χ4n) is 3.94. The number of carbonyl (C=O) groups excluding carboxylic acids is 2. The number of fused-ring (bicyclic) bond motifs is 1. The molecule has 3 atom stereocenters. The Morgan fingerprint density at radius 1 is 1.12 bits per heavy atom. The van der Waals surface area contributed by atoms with Gasteiger partial charge in [0.15, 0.2) is 0 Å². The number of benzene rings is 1. The van der Waals surface area contributed by atoms with Crippen LogP contribution in [0.4, 0.5) is 5.95 Å². The fraction of sp³-hybridized carbons (Fsp3) is 0.350. The number of aromatic nitrogens is 6. The standard InChI is InChI=1S/C20H21N9O2S/c1-11-8-12(2)22-19(21-11)29-18(31)16-15(30)9-13(23-17(16)25-29)10-32-20-24-26-27-28(20)14-6-4-3-5-7-14/h3-8,13,16-17,23,25H,9-10H2,1-2H3. The molecule has 4 heterocycles. The number of hydrogen-bond acceptors (Lipinski definition) is 10. The van der Waals surface area contributed by atoms with Crippen LogP contribution in [0.15, 0.2) is 41.6 Å². The number of thioether (sulfide) groups is 1. The molecule has 164 valence electrons. The van der Waals surface area contributed by atoms with Crippen molar-refractivity contribution in [1.29, 1.82) is 0 Å². The average molecular weight is 452 g/mol. The number of nitrogens with one attached hydrogen (secondary N) is 2. The van der Waals surface area contributed by atoms with Gasteiger partial charge in [-0.25, -0.2) is 20.4 Å². The Kier molecular flexibility index (Phi) is 5.41. The zero-order valence-electron chi connectivity index (χ0n) is 17.5. The van der Waals surface area contributed by atoms with Crippen LogP contribution in [-0.4, -0.2) is 59.8 Å². The minimum absolute atomic E-state index is 0.105. The maximum absolute atomic E-state index is 12.9. The molecule has 2 aliphatic heterocycles. The van der Waals surface area contributed by atoms with E-state index < -0.39 is 12.1 Å². The Labute approximate surface area is 188 Å². The first-order valence-electron chi connectivity index (χ1n) is 10.2. The molecular formula is C20H21N9O2S. The highest BCUT2D eigenvalue weighted by molar-refractivity contribution is 7.99. The zero-order chi connectivity index (χ0) is 22.2. The molecule has 12 heteroatoms. The van der Waals surface area contributed by atoms with Crippen LogP contribution in [0.1, 0.15) is 17.8 Å². The molecule has 2 saturated heterocycles. The van der Waals surface area contributed by atoms with Gasteiger partial charge in [-0.3, -0.25) is 14.9 Å². The van der Waals surface area contributed by atoms with Gasteiger partial charge in [0.05, 0.1) is 11.9 Å². The predicted octanol–water partition coefficient (Wildman–Crippen LogP) is 0.586. The van der Waals surface area contributed by atoms with Crippen molar-refractivity contribution in [2.45, 2.75) is 37.6 Å². The van der Waals surface area contributed by atoms with Crippen molar-refractivity contribution in [2.24, 2.45) is 5.92 Å². The van der Waals surface area contributed by atoms with E-state index in [4.69, 9.17) is 0 Å². The summed E-state index contributed by atoms with van der Waals surface area (Å²) in [5.74, 6) is -0.416. The quantitative estimate of drug-likeness (QED) is 0.420. The normalized spacial score (nSPS) is 22.9. The van der Waals surface area contributed by atoms with E-state index in [1.165, 1.54) is 16.8 Å². The van der Waals surface area contributed by atoms with Gasteiger partial charge < -0.3 is 0 Å². The first kappa shape index (κ1) is 20.7. The molecule has 5 rings (SSSR count). The summed E-state index contributed by atoms with van der Waals surface area (Å²) in [7, 11) is 0. The highest BCUT2D eigenvalue weighted by Crippen LogP contribution is 2.28. The van der Waals surface area contributed by atoms with Gasteiger partial charge in [-0.2, -0.15) is 4.68 Å². The molecule has 2 aliphatic rings. The van der Waals surface area contributed by atoms with Gasteiger partial charge in [-0.1, -0.05) is 30.0 Å². The molecule has 0 spiro atoms. The smallest absolute Gasteiger partial charge is 0.257 e. The van der Waals surface area contributed by atoms with E-state index in [2.05, 4.69) is 36.2 Å². The maximum atomic E-state index is 12.9. The van der Waals surface area contributed by atoms with Crippen molar-refractivity contribution in [2.75, 3.05) is 10.8 Å². The summed E-state index contributed by atoms with van der Waals surface area (Å²) in [5, 5.41) is 17.2. The molecule has 2 aromatic heterocycles. The van der Waals surface area contributed by atoms with Crippen LogP contribution < -0.4 is 15.8 Å². The first-order valence-corrected chi connectivity index (χ1v) is 11.2. The number of hydrogen-bond donors (Lipinski definition) is 2. The molecule has 3 aromatic rings. The Hall–Kier alpha value is -3.22. The van der Waals surface area contributed by atoms with Crippen LogP contribution in [0.3, 0.4) is 0 Å². The van der Waals surface area contributed by atoms with Crippen molar-refractivity contribution in [3.8, 4) is 5.69 Å². The lowest BCUT2D eigenvalue weighted by Gasteiger charge is -2.30.